The van der Waals surface area contributed by atoms with Crippen molar-refractivity contribution in [1.29, 1.82) is 0 Å². The number of hydrogen-bond acceptors (Lipinski definition) is 4. The smallest absolute Gasteiger partial charge is 0.491 e. The molecule has 0 bridgehead atoms. The normalized spacial score (nSPS) is 20.9. The van der Waals surface area contributed by atoms with Crippen molar-refractivity contribution >= 4 is 25.8 Å². The molecule has 0 amide bonds. The third-order valence-electron chi connectivity index (χ3n) is 4.26. The van der Waals surface area contributed by atoms with Crippen LogP contribution in [0.2, 0.25) is 0 Å². The number of rotatable bonds is 3. The Morgan fingerprint density at radius 2 is 1.81 bits per heavy atom. The fourth-order valence-electron chi connectivity index (χ4n) is 2.17. The summed E-state index contributed by atoms with van der Waals surface area (Å²) in [5, 5.41) is 9.98. The summed E-state index contributed by atoms with van der Waals surface area (Å²) in [6.45, 7) is 10.1. The second kappa shape index (κ2) is 5.71. The van der Waals surface area contributed by atoms with Gasteiger partial charge in [0.15, 0.2) is 0 Å². The molecule has 1 saturated heterocycles. The molecule has 21 heavy (non-hydrogen) atoms. The van der Waals surface area contributed by atoms with Gasteiger partial charge < -0.3 is 14.4 Å². The van der Waals surface area contributed by atoms with E-state index in [4.69, 9.17) is 9.31 Å². The second-order valence-electron chi connectivity index (χ2n) is 6.53. The van der Waals surface area contributed by atoms with Crippen LogP contribution >= 0.6 is 12.6 Å². The molecule has 1 N–H and O–H groups in total. The number of phenols is 1. The SMILES string of the molecule is Cc1ccc(O)c(C=C(CS)B2OC(C)(C)C(C)(C)O2)c1. The first-order valence-electron chi connectivity index (χ1n) is 7.13. The van der Waals surface area contributed by atoms with E-state index in [1.165, 1.54) is 0 Å². The van der Waals surface area contributed by atoms with Crippen LogP contribution in [0.4, 0.5) is 0 Å². The van der Waals surface area contributed by atoms with Crippen LogP contribution in [0.3, 0.4) is 0 Å². The van der Waals surface area contributed by atoms with Gasteiger partial charge in [0.05, 0.1) is 11.2 Å². The molecule has 0 unspecified atom stereocenters. The van der Waals surface area contributed by atoms with E-state index in [0.29, 0.717) is 5.75 Å². The Kier molecular flexibility index (Phi) is 4.48. The highest BCUT2D eigenvalue weighted by molar-refractivity contribution is 7.80. The molecule has 0 radical (unpaired) electrons. The van der Waals surface area contributed by atoms with E-state index < -0.39 is 7.12 Å². The minimum absolute atomic E-state index is 0.247. The molecule has 0 aliphatic carbocycles. The lowest BCUT2D eigenvalue weighted by Crippen LogP contribution is -2.41. The minimum atomic E-state index is -0.438. The third kappa shape index (κ3) is 3.30. The van der Waals surface area contributed by atoms with E-state index in [9.17, 15) is 5.11 Å². The molecule has 1 aliphatic rings. The summed E-state index contributed by atoms with van der Waals surface area (Å²) in [4.78, 5) is 0. The lowest BCUT2D eigenvalue weighted by Gasteiger charge is -2.32. The Labute approximate surface area is 132 Å². The summed E-state index contributed by atoms with van der Waals surface area (Å²) in [5.41, 5.74) is 1.99. The van der Waals surface area contributed by atoms with E-state index >= 15 is 0 Å². The van der Waals surface area contributed by atoms with Crippen LogP contribution in [0.25, 0.3) is 6.08 Å². The lowest BCUT2D eigenvalue weighted by molar-refractivity contribution is 0.00578. The predicted molar refractivity (Wildman–Crippen MR) is 90.8 cm³/mol. The second-order valence-corrected chi connectivity index (χ2v) is 6.84. The molecular weight excluding hydrogens is 283 g/mol. The summed E-state index contributed by atoms with van der Waals surface area (Å²) < 4.78 is 12.1. The van der Waals surface area contributed by atoms with Crippen LogP contribution in [0, 0.1) is 6.92 Å². The van der Waals surface area contributed by atoms with Gasteiger partial charge in [0.25, 0.3) is 0 Å². The molecule has 0 spiro atoms. The van der Waals surface area contributed by atoms with E-state index in [2.05, 4.69) is 12.6 Å². The topological polar surface area (TPSA) is 38.7 Å². The van der Waals surface area contributed by atoms with Crippen molar-refractivity contribution in [2.75, 3.05) is 5.75 Å². The van der Waals surface area contributed by atoms with Crippen LogP contribution in [-0.2, 0) is 9.31 Å². The fourth-order valence-corrected chi connectivity index (χ4v) is 2.41. The molecule has 1 aromatic rings. The Balaban J connectivity index is 2.33. The summed E-state index contributed by atoms with van der Waals surface area (Å²) >= 11 is 4.38. The molecule has 3 nitrogen and oxygen atoms in total. The molecule has 1 heterocycles. The highest BCUT2D eigenvalue weighted by atomic mass is 32.1. The number of aromatic hydroxyl groups is 1. The first-order valence-corrected chi connectivity index (χ1v) is 7.76. The molecule has 1 aromatic carbocycles. The first kappa shape index (κ1) is 16.5. The first-order chi connectivity index (χ1) is 9.66. The number of aryl methyl sites for hydroxylation is 1. The van der Waals surface area contributed by atoms with Gasteiger partial charge >= 0.3 is 7.12 Å². The zero-order valence-electron chi connectivity index (χ0n) is 13.3. The lowest BCUT2D eigenvalue weighted by atomic mass is 9.78. The number of thiol groups is 1. The summed E-state index contributed by atoms with van der Waals surface area (Å²) in [6, 6.07) is 5.51. The largest absolute Gasteiger partial charge is 0.507 e. The Morgan fingerprint density at radius 3 is 2.33 bits per heavy atom. The maximum absolute atomic E-state index is 9.98. The Morgan fingerprint density at radius 1 is 1.24 bits per heavy atom. The molecule has 114 valence electrons. The molecule has 5 heteroatoms. The summed E-state index contributed by atoms with van der Waals surface area (Å²) in [7, 11) is -0.438. The maximum atomic E-state index is 9.98. The van der Waals surface area contributed by atoms with Crippen LogP contribution in [0.15, 0.2) is 23.7 Å². The van der Waals surface area contributed by atoms with Crippen LogP contribution in [-0.4, -0.2) is 29.2 Å². The number of hydrogen-bond donors (Lipinski definition) is 2. The van der Waals surface area contributed by atoms with Crippen molar-refractivity contribution in [1.82, 2.24) is 0 Å². The van der Waals surface area contributed by atoms with E-state index in [-0.39, 0.29) is 17.0 Å². The molecule has 0 atom stereocenters. The fraction of sp³-hybridized carbons (Fsp3) is 0.500. The number of phenolic OH excluding ortho intramolecular Hbond substituents is 1. The maximum Gasteiger partial charge on any atom is 0.491 e. The zero-order chi connectivity index (χ0) is 15.8. The Bertz CT molecular complexity index is 551. The molecule has 1 fully saturated rings. The van der Waals surface area contributed by atoms with Gasteiger partial charge in [0.1, 0.15) is 5.75 Å². The molecule has 0 aromatic heterocycles. The monoisotopic (exact) mass is 306 g/mol. The van der Waals surface area contributed by atoms with Crippen LogP contribution < -0.4 is 0 Å². The van der Waals surface area contributed by atoms with Gasteiger partial charge in [-0.25, -0.2) is 0 Å². The minimum Gasteiger partial charge on any atom is -0.507 e. The van der Waals surface area contributed by atoms with Gasteiger partial charge in [-0.1, -0.05) is 17.7 Å². The third-order valence-corrected chi connectivity index (χ3v) is 4.63. The molecule has 0 saturated carbocycles. The summed E-state index contributed by atoms with van der Waals surface area (Å²) in [5.74, 6) is 0.751. The average molecular weight is 306 g/mol. The van der Waals surface area contributed by atoms with Crippen molar-refractivity contribution in [2.45, 2.75) is 45.8 Å². The van der Waals surface area contributed by atoms with E-state index in [0.717, 1.165) is 16.6 Å². The molecule has 2 rings (SSSR count). The van der Waals surface area contributed by atoms with Gasteiger partial charge in [-0.2, -0.15) is 12.6 Å². The molecule has 1 aliphatic heterocycles. The quantitative estimate of drug-likeness (QED) is 0.661. The van der Waals surface area contributed by atoms with Gasteiger partial charge in [-0.3, -0.25) is 0 Å². The average Bonchev–Trinajstić information content (AvgIpc) is 2.59. The van der Waals surface area contributed by atoms with Gasteiger partial charge in [-0.15, -0.1) is 0 Å². The van der Waals surface area contributed by atoms with Crippen LogP contribution in [0.5, 0.6) is 5.75 Å². The van der Waals surface area contributed by atoms with Crippen molar-refractivity contribution < 1.29 is 14.4 Å². The van der Waals surface area contributed by atoms with Crippen LogP contribution in [0.1, 0.15) is 38.8 Å². The molecular formula is C16H23BO3S. The van der Waals surface area contributed by atoms with Crippen molar-refractivity contribution in [3.8, 4) is 5.75 Å². The highest BCUT2D eigenvalue weighted by Gasteiger charge is 2.52. The van der Waals surface area contributed by atoms with E-state index in [1.54, 1.807) is 6.07 Å². The van der Waals surface area contributed by atoms with Gasteiger partial charge in [0.2, 0.25) is 0 Å². The van der Waals surface area contributed by atoms with Crippen molar-refractivity contribution in [2.24, 2.45) is 0 Å². The standard InChI is InChI=1S/C16H23BO3S/c1-11-6-7-14(18)12(8-11)9-13(10-21)17-19-15(2,3)16(4,5)20-17/h6-9,18,21H,10H2,1-5H3. The predicted octanol–water partition coefficient (Wildman–Crippen LogP) is 3.65. The Hall–Kier alpha value is -0.905. The zero-order valence-corrected chi connectivity index (χ0v) is 14.2. The van der Waals surface area contributed by atoms with Crippen molar-refractivity contribution in [3.63, 3.8) is 0 Å². The highest BCUT2D eigenvalue weighted by Crippen LogP contribution is 2.39. The van der Waals surface area contributed by atoms with Gasteiger partial charge in [0, 0.05) is 11.3 Å². The number of benzene rings is 1. The van der Waals surface area contributed by atoms with Crippen molar-refractivity contribution in [3.05, 3.63) is 34.8 Å². The van der Waals surface area contributed by atoms with E-state index in [1.807, 2.05) is 52.8 Å². The summed E-state index contributed by atoms with van der Waals surface area (Å²) in [6.07, 6.45) is 1.90. The van der Waals surface area contributed by atoms with Gasteiger partial charge in [-0.05, 0) is 52.2 Å².